The number of ether oxygens (including phenoxy) is 1. The van der Waals surface area contributed by atoms with Crippen LogP contribution in [0.5, 0.6) is 0 Å². The zero-order chi connectivity index (χ0) is 13.6. The van der Waals surface area contributed by atoms with E-state index in [9.17, 15) is 4.79 Å². The van der Waals surface area contributed by atoms with Crippen LogP contribution in [-0.2, 0) is 9.53 Å². The highest BCUT2D eigenvalue weighted by Gasteiger charge is 2.35. The first kappa shape index (κ1) is 15.7. The lowest BCUT2D eigenvalue weighted by Gasteiger charge is -2.28. The summed E-state index contributed by atoms with van der Waals surface area (Å²) < 4.78 is 5.36. The number of nitrogens with two attached hydrogens (primary N) is 1. The van der Waals surface area contributed by atoms with E-state index in [0.29, 0.717) is 13.2 Å². The molecular formula is C11H23N3O3. The van der Waals surface area contributed by atoms with Crippen LogP contribution in [0.1, 0.15) is 27.7 Å². The number of oxime groups is 1. The second-order valence-corrected chi connectivity index (χ2v) is 4.76. The number of hydrogen-bond donors (Lipinski definition) is 2. The van der Waals surface area contributed by atoms with Gasteiger partial charge in [0.15, 0.2) is 5.84 Å². The Morgan fingerprint density at radius 3 is 2.47 bits per heavy atom. The maximum absolute atomic E-state index is 12.0. The molecule has 0 aromatic heterocycles. The lowest BCUT2D eigenvalue weighted by Crippen LogP contribution is -2.47. The monoisotopic (exact) mass is 245 g/mol. The van der Waals surface area contributed by atoms with Crippen molar-refractivity contribution in [3.63, 3.8) is 0 Å². The van der Waals surface area contributed by atoms with Crippen molar-refractivity contribution in [2.24, 2.45) is 16.3 Å². The number of amides is 1. The normalized spacial score (nSPS) is 12.9. The van der Waals surface area contributed by atoms with E-state index in [1.165, 1.54) is 4.90 Å². The molecule has 100 valence electrons. The molecule has 0 heterocycles. The molecule has 0 radical (unpaired) electrons. The second-order valence-electron chi connectivity index (χ2n) is 4.76. The second kappa shape index (κ2) is 6.44. The lowest BCUT2D eigenvalue weighted by molar-refractivity contribution is -0.136. The molecule has 0 bridgehead atoms. The SMILES string of the molecule is CC(C)OCCN(C)C(=O)C(C)(C)C(N)=NO. The minimum absolute atomic E-state index is 0.0980. The highest BCUT2D eigenvalue weighted by Crippen LogP contribution is 2.18. The summed E-state index contributed by atoms with van der Waals surface area (Å²) in [6.07, 6.45) is 0.135. The van der Waals surface area contributed by atoms with Gasteiger partial charge in [0, 0.05) is 13.6 Å². The fraction of sp³-hybridized carbons (Fsp3) is 0.818. The average Bonchev–Trinajstić information content (AvgIpc) is 2.25. The third-order valence-corrected chi connectivity index (χ3v) is 2.51. The molecule has 0 unspecified atom stereocenters. The van der Waals surface area contributed by atoms with Gasteiger partial charge in [-0.2, -0.15) is 0 Å². The molecule has 0 aromatic carbocycles. The van der Waals surface area contributed by atoms with Gasteiger partial charge in [-0.3, -0.25) is 4.79 Å². The van der Waals surface area contributed by atoms with Crippen LogP contribution in [-0.4, -0.2) is 48.2 Å². The van der Waals surface area contributed by atoms with Crippen LogP contribution >= 0.6 is 0 Å². The van der Waals surface area contributed by atoms with E-state index in [1.807, 2.05) is 13.8 Å². The first-order valence-corrected chi connectivity index (χ1v) is 5.58. The summed E-state index contributed by atoms with van der Waals surface area (Å²) in [6, 6.07) is 0. The molecule has 6 nitrogen and oxygen atoms in total. The van der Waals surface area contributed by atoms with Gasteiger partial charge in [-0.05, 0) is 27.7 Å². The van der Waals surface area contributed by atoms with E-state index in [1.54, 1.807) is 20.9 Å². The largest absolute Gasteiger partial charge is 0.409 e. The van der Waals surface area contributed by atoms with E-state index < -0.39 is 5.41 Å². The molecule has 3 N–H and O–H groups in total. The third kappa shape index (κ3) is 4.60. The van der Waals surface area contributed by atoms with Crippen LogP contribution in [0.25, 0.3) is 0 Å². The van der Waals surface area contributed by atoms with Crippen molar-refractivity contribution >= 4 is 11.7 Å². The van der Waals surface area contributed by atoms with Crippen LogP contribution in [0.4, 0.5) is 0 Å². The summed E-state index contributed by atoms with van der Waals surface area (Å²) in [5, 5.41) is 11.5. The summed E-state index contributed by atoms with van der Waals surface area (Å²) in [5.74, 6) is -0.306. The molecule has 6 heteroatoms. The molecule has 0 spiro atoms. The van der Waals surface area contributed by atoms with E-state index in [-0.39, 0.29) is 17.8 Å². The molecule has 0 saturated carbocycles. The van der Waals surface area contributed by atoms with Crippen molar-refractivity contribution < 1.29 is 14.7 Å². The molecule has 17 heavy (non-hydrogen) atoms. The Bertz CT molecular complexity index is 288. The van der Waals surface area contributed by atoms with Crippen molar-refractivity contribution in [3.05, 3.63) is 0 Å². The Balaban J connectivity index is 4.40. The van der Waals surface area contributed by atoms with Crippen LogP contribution in [0.2, 0.25) is 0 Å². The zero-order valence-electron chi connectivity index (χ0n) is 11.2. The minimum Gasteiger partial charge on any atom is -0.409 e. The maximum atomic E-state index is 12.0. The predicted octanol–water partition coefficient (Wildman–Crippen LogP) is 0.642. The first-order valence-electron chi connectivity index (χ1n) is 5.58. The molecule has 0 aromatic rings. The molecule has 0 aliphatic carbocycles. The number of carbonyl (C=O) groups is 1. The molecule has 0 rings (SSSR count). The molecule has 0 atom stereocenters. The van der Waals surface area contributed by atoms with Gasteiger partial charge in [0.2, 0.25) is 5.91 Å². The van der Waals surface area contributed by atoms with Crippen molar-refractivity contribution in [1.82, 2.24) is 4.90 Å². The highest BCUT2D eigenvalue weighted by molar-refractivity contribution is 6.05. The summed E-state index contributed by atoms with van der Waals surface area (Å²) in [5.41, 5.74) is 4.48. The summed E-state index contributed by atoms with van der Waals surface area (Å²) in [6.45, 7) is 8.03. The smallest absolute Gasteiger partial charge is 0.235 e. The fourth-order valence-corrected chi connectivity index (χ4v) is 1.24. The lowest BCUT2D eigenvalue weighted by atomic mass is 9.90. The highest BCUT2D eigenvalue weighted by atomic mass is 16.5. The molecule has 0 aliphatic heterocycles. The first-order chi connectivity index (χ1) is 7.73. The van der Waals surface area contributed by atoms with Gasteiger partial charge < -0.3 is 20.6 Å². The van der Waals surface area contributed by atoms with E-state index in [4.69, 9.17) is 15.7 Å². The molecule has 0 saturated heterocycles. The number of amidine groups is 1. The van der Waals surface area contributed by atoms with Gasteiger partial charge in [0.25, 0.3) is 0 Å². The summed E-state index contributed by atoms with van der Waals surface area (Å²) >= 11 is 0. The Morgan fingerprint density at radius 1 is 1.53 bits per heavy atom. The van der Waals surface area contributed by atoms with Crippen LogP contribution in [0.3, 0.4) is 0 Å². The van der Waals surface area contributed by atoms with Crippen molar-refractivity contribution in [1.29, 1.82) is 0 Å². The van der Waals surface area contributed by atoms with Gasteiger partial charge in [0.1, 0.15) is 5.41 Å². The zero-order valence-corrected chi connectivity index (χ0v) is 11.2. The fourth-order valence-electron chi connectivity index (χ4n) is 1.24. The Morgan fingerprint density at radius 2 is 2.06 bits per heavy atom. The molecule has 0 aliphatic rings. The van der Waals surface area contributed by atoms with Gasteiger partial charge in [-0.15, -0.1) is 0 Å². The Labute approximate surface area is 102 Å². The van der Waals surface area contributed by atoms with Gasteiger partial charge in [0.05, 0.1) is 12.7 Å². The number of nitrogens with zero attached hydrogens (tertiary/aromatic N) is 2. The van der Waals surface area contributed by atoms with Crippen molar-refractivity contribution in [2.75, 3.05) is 20.2 Å². The number of likely N-dealkylation sites (N-methyl/N-ethyl adjacent to an activating group) is 1. The van der Waals surface area contributed by atoms with E-state index >= 15 is 0 Å². The van der Waals surface area contributed by atoms with Crippen molar-refractivity contribution in [3.8, 4) is 0 Å². The number of hydrogen-bond acceptors (Lipinski definition) is 4. The maximum Gasteiger partial charge on any atom is 0.235 e. The van der Waals surface area contributed by atoms with Gasteiger partial charge in [-0.1, -0.05) is 5.16 Å². The minimum atomic E-state index is -1.01. The molecular weight excluding hydrogens is 222 g/mol. The Hall–Kier alpha value is -1.30. The summed E-state index contributed by atoms with van der Waals surface area (Å²) in [4.78, 5) is 13.6. The third-order valence-electron chi connectivity index (χ3n) is 2.51. The topological polar surface area (TPSA) is 88.2 Å². The summed E-state index contributed by atoms with van der Waals surface area (Å²) in [7, 11) is 1.67. The van der Waals surface area contributed by atoms with Gasteiger partial charge >= 0.3 is 0 Å². The number of rotatable bonds is 6. The average molecular weight is 245 g/mol. The van der Waals surface area contributed by atoms with E-state index in [2.05, 4.69) is 5.16 Å². The Kier molecular flexibility index (Phi) is 5.95. The number of carbonyl (C=O) groups excluding carboxylic acids is 1. The van der Waals surface area contributed by atoms with Crippen LogP contribution in [0.15, 0.2) is 5.16 Å². The quantitative estimate of drug-likeness (QED) is 0.311. The molecule has 1 amide bonds. The van der Waals surface area contributed by atoms with E-state index in [0.717, 1.165) is 0 Å². The standard InChI is InChI=1S/C11H23N3O3/c1-8(2)17-7-6-14(5)10(15)11(3,4)9(12)13-16/h8,16H,6-7H2,1-5H3,(H2,12,13). The molecule has 0 fully saturated rings. The van der Waals surface area contributed by atoms with Crippen molar-refractivity contribution in [2.45, 2.75) is 33.8 Å². The predicted molar refractivity (Wildman–Crippen MR) is 65.9 cm³/mol. The van der Waals surface area contributed by atoms with Crippen LogP contribution < -0.4 is 5.73 Å². The van der Waals surface area contributed by atoms with Crippen LogP contribution in [0, 0.1) is 5.41 Å². The van der Waals surface area contributed by atoms with Gasteiger partial charge in [-0.25, -0.2) is 0 Å².